The Bertz CT molecular complexity index is 876. The van der Waals surface area contributed by atoms with Gasteiger partial charge in [0.05, 0.1) is 16.5 Å². The predicted octanol–water partition coefficient (Wildman–Crippen LogP) is 3.41. The fourth-order valence-electron chi connectivity index (χ4n) is 4.07. The quantitative estimate of drug-likeness (QED) is 0.787. The summed E-state index contributed by atoms with van der Waals surface area (Å²) in [4.78, 5) is 18.7. The molecule has 162 valence electrons. The van der Waals surface area contributed by atoms with Gasteiger partial charge in [0.1, 0.15) is 5.60 Å². The zero-order chi connectivity index (χ0) is 21.7. The number of nitrogens with one attached hydrogen (secondary N) is 1. The maximum absolute atomic E-state index is 12.9. The van der Waals surface area contributed by atoms with E-state index in [0.29, 0.717) is 25.9 Å². The van der Waals surface area contributed by atoms with Crippen molar-refractivity contribution in [2.45, 2.75) is 77.2 Å². The molecule has 1 aliphatic carbocycles. The highest BCUT2D eigenvalue weighted by Crippen LogP contribution is 2.52. The van der Waals surface area contributed by atoms with Gasteiger partial charge in [-0.3, -0.25) is 4.98 Å². The van der Waals surface area contributed by atoms with Crippen LogP contribution < -0.4 is 4.72 Å². The topological polar surface area (TPSA) is 88.6 Å². The van der Waals surface area contributed by atoms with Crippen LogP contribution in [0, 0.1) is 5.41 Å². The first-order chi connectivity index (χ1) is 13.2. The molecule has 3 rings (SSSR count). The fourth-order valence-corrected chi connectivity index (χ4v) is 5.10. The molecule has 1 aromatic heterocycles. The van der Waals surface area contributed by atoms with Crippen molar-refractivity contribution >= 4 is 16.1 Å². The Kier molecular flexibility index (Phi) is 5.49. The van der Waals surface area contributed by atoms with Gasteiger partial charge in [-0.25, -0.2) is 17.9 Å². The molecule has 8 heteroatoms. The molecule has 7 nitrogen and oxygen atoms in total. The second-order valence-electron chi connectivity index (χ2n) is 10.2. The standard InChI is InChI=1S/C21H33N3O4S/c1-19(2,3)28-18(25)24-12-9-21(10-13-24)14-15-8-7-11-22-16(15)17(21)23-29(26,27)20(4,5)6/h7-8,11,17,23H,9-10,12-14H2,1-6H3/t17-/m1/s1. The minimum absolute atomic E-state index is 0.284. The van der Waals surface area contributed by atoms with Gasteiger partial charge in [-0.1, -0.05) is 6.07 Å². The molecule has 1 aromatic rings. The van der Waals surface area contributed by atoms with Crippen LogP contribution in [0.2, 0.25) is 0 Å². The molecule has 0 saturated carbocycles. The number of likely N-dealkylation sites (tertiary alicyclic amines) is 1. The van der Waals surface area contributed by atoms with Gasteiger partial charge in [0.25, 0.3) is 0 Å². The van der Waals surface area contributed by atoms with Crippen LogP contribution in [-0.4, -0.2) is 47.8 Å². The third kappa shape index (κ3) is 4.43. The van der Waals surface area contributed by atoms with Crippen molar-refractivity contribution in [1.82, 2.24) is 14.6 Å². The summed E-state index contributed by atoms with van der Waals surface area (Å²) < 4.78 is 33.5. The van der Waals surface area contributed by atoms with Crippen LogP contribution in [0.25, 0.3) is 0 Å². The first-order valence-electron chi connectivity index (χ1n) is 10.2. The van der Waals surface area contributed by atoms with Crippen molar-refractivity contribution < 1.29 is 17.9 Å². The molecule has 2 heterocycles. The summed E-state index contributed by atoms with van der Waals surface area (Å²) >= 11 is 0. The van der Waals surface area contributed by atoms with E-state index in [1.807, 2.05) is 32.9 Å². The smallest absolute Gasteiger partial charge is 0.410 e. The predicted molar refractivity (Wildman–Crippen MR) is 112 cm³/mol. The Hall–Kier alpha value is -1.67. The van der Waals surface area contributed by atoms with E-state index in [2.05, 4.69) is 9.71 Å². The van der Waals surface area contributed by atoms with E-state index in [1.165, 1.54) is 0 Å². The van der Waals surface area contributed by atoms with E-state index in [1.54, 1.807) is 31.9 Å². The summed E-state index contributed by atoms with van der Waals surface area (Å²) in [5.41, 5.74) is 1.07. The molecule has 0 bridgehead atoms. The number of amides is 1. The SMILES string of the molecule is CC(C)(C)OC(=O)N1CCC2(CC1)Cc1cccnc1[C@H]2NS(=O)(=O)C(C)(C)C. The number of piperidine rings is 1. The van der Waals surface area contributed by atoms with Gasteiger partial charge in [0.15, 0.2) is 0 Å². The highest BCUT2D eigenvalue weighted by atomic mass is 32.2. The summed E-state index contributed by atoms with van der Waals surface area (Å²) in [6.07, 6.45) is 3.55. The molecular weight excluding hydrogens is 390 g/mol. The summed E-state index contributed by atoms with van der Waals surface area (Å²) in [6.45, 7) is 11.7. The second kappa shape index (κ2) is 7.23. The van der Waals surface area contributed by atoms with Crippen LogP contribution in [0.1, 0.15) is 71.7 Å². The van der Waals surface area contributed by atoms with Gasteiger partial charge in [-0.05, 0) is 77.8 Å². The number of aromatic nitrogens is 1. The van der Waals surface area contributed by atoms with Gasteiger partial charge in [-0.2, -0.15) is 0 Å². The number of ether oxygens (including phenoxy) is 1. The fraction of sp³-hybridized carbons (Fsp3) is 0.714. The molecule has 1 atom stereocenters. The Labute approximate surface area is 174 Å². The van der Waals surface area contributed by atoms with Crippen LogP contribution >= 0.6 is 0 Å². The first-order valence-corrected chi connectivity index (χ1v) is 11.7. The van der Waals surface area contributed by atoms with Crippen molar-refractivity contribution in [3.63, 3.8) is 0 Å². The van der Waals surface area contributed by atoms with Crippen molar-refractivity contribution in [1.29, 1.82) is 0 Å². The number of hydrogen-bond donors (Lipinski definition) is 1. The van der Waals surface area contributed by atoms with E-state index >= 15 is 0 Å². The number of pyridine rings is 1. The number of sulfonamides is 1. The highest BCUT2D eigenvalue weighted by Gasteiger charge is 2.51. The van der Waals surface area contributed by atoms with E-state index < -0.39 is 20.4 Å². The number of nitrogens with zero attached hydrogens (tertiary/aromatic N) is 2. The number of carbonyl (C=O) groups excluding carboxylic acids is 1. The monoisotopic (exact) mass is 423 g/mol. The van der Waals surface area contributed by atoms with Crippen LogP contribution in [0.3, 0.4) is 0 Å². The van der Waals surface area contributed by atoms with Crippen LogP contribution in [0.4, 0.5) is 4.79 Å². The molecular formula is C21H33N3O4S. The summed E-state index contributed by atoms with van der Waals surface area (Å²) in [6, 6.07) is 3.53. The van der Waals surface area contributed by atoms with E-state index in [4.69, 9.17) is 4.74 Å². The summed E-state index contributed by atoms with van der Waals surface area (Å²) in [5.74, 6) is 0. The van der Waals surface area contributed by atoms with Crippen LogP contribution in [0.15, 0.2) is 18.3 Å². The van der Waals surface area contributed by atoms with Crippen molar-refractivity contribution in [2.75, 3.05) is 13.1 Å². The first kappa shape index (κ1) is 22.0. The minimum Gasteiger partial charge on any atom is -0.444 e. The molecule has 1 spiro atoms. The second-order valence-corrected chi connectivity index (χ2v) is 12.7. The normalized spacial score (nSPS) is 21.9. The lowest BCUT2D eigenvalue weighted by Crippen LogP contribution is -2.51. The molecule has 1 aliphatic heterocycles. The zero-order valence-corrected chi connectivity index (χ0v) is 19.1. The lowest BCUT2D eigenvalue weighted by molar-refractivity contribution is 0.00704. The lowest BCUT2D eigenvalue weighted by Gasteiger charge is -2.43. The Balaban J connectivity index is 1.84. The van der Waals surface area contributed by atoms with Crippen molar-refractivity contribution in [2.24, 2.45) is 5.41 Å². The molecule has 1 fully saturated rings. The van der Waals surface area contributed by atoms with E-state index in [0.717, 1.165) is 17.7 Å². The van der Waals surface area contributed by atoms with Crippen molar-refractivity contribution in [3.8, 4) is 0 Å². The average Bonchev–Trinajstić information content (AvgIpc) is 2.86. The Morgan fingerprint density at radius 2 is 1.83 bits per heavy atom. The average molecular weight is 424 g/mol. The van der Waals surface area contributed by atoms with Gasteiger partial charge < -0.3 is 9.64 Å². The van der Waals surface area contributed by atoms with Gasteiger partial charge in [-0.15, -0.1) is 0 Å². The number of hydrogen-bond acceptors (Lipinski definition) is 5. The largest absolute Gasteiger partial charge is 0.444 e. The summed E-state index contributed by atoms with van der Waals surface area (Å²) in [5, 5.41) is 0. The third-order valence-corrected chi connectivity index (χ3v) is 8.00. The van der Waals surface area contributed by atoms with Crippen molar-refractivity contribution in [3.05, 3.63) is 29.6 Å². The molecule has 0 aromatic carbocycles. The third-order valence-electron chi connectivity index (χ3n) is 5.84. The minimum atomic E-state index is -3.55. The highest BCUT2D eigenvalue weighted by molar-refractivity contribution is 7.90. The van der Waals surface area contributed by atoms with Gasteiger partial charge in [0.2, 0.25) is 10.0 Å². The molecule has 1 N–H and O–H groups in total. The Morgan fingerprint density at radius 3 is 2.38 bits per heavy atom. The number of fused-ring (bicyclic) bond motifs is 1. The molecule has 1 amide bonds. The number of carbonyl (C=O) groups is 1. The molecule has 1 saturated heterocycles. The van der Waals surface area contributed by atoms with Gasteiger partial charge >= 0.3 is 6.09 Å². The maximum atomic E-state index is 12.9. The number of rotatable bonds is 2. The van der Waals surface area contributed by atoms with Gasteiger partial charge in [0, 0.05) is 19.3 Å². The molecule has 0 unspecified atom stereocenters. The molecule has 0 radical (unpaired) electrons. The molecule has 2 aliphatic rings. The molecule has 29 heavy (non-hydrogen) atoms. The van der Waals surface area contributed by atoms with E-state index in [9.17, 15) is 13.2 Å². The van der Waals surface area contributed by atoms with Crippen LogP contribution in [0.5, 0.6) is 0 Å². The summed E-state index contributed by atoms with van der Waals surface area (Å²) in [7, 11) is -3.55. The van der Waals surface area contributed by atoms with Crippen LogP contribution in [-0.2, 0) is 21.2 Å². The Morgan fingerprint density at radius 1 is 1.21 bits per heavy atom. The zero-order valence-electron chi connectivity index (χ0n) is 18.3. The maximum Gasteiger partial charge on any atom is 0.410 e. The van der Waals surface area contributed by atoms with E-state index in [-0.39, 0.29) is 17.6 Å². The lowest BCUT2D eigenvalue weighted by atomic mass is 9.73.